The van der Waals surface area contributed by atoms with Crippen molar-refractivity contribution >= 4 is 43.7 Å². The number of allylic oxidation sites excluding steroid dienone is 5. The van der Waals surface area contributed by atoms with Crippen LogP contribution in [0.15, 0.2) is 47.6 Å². The number of alkyl halides is 1. The molecule has 0 saturated heterocycles. The predicted molar refractivity (Wildman–Crippen MR) is 92.1 cm³/mol. The fraction of sp³-hybridized carbons (Fsp3) is 0.286. The van der Waals surface area contributed by atoms with Crippen LogP contribution in [0.25, 0.3) is 0 Å². The van der Waals surface area contributed by atoms with Crippen LogP contribution in [0, 0.1) is 0 Å². The normalized spacial score (nSPS) is 19.7. The Bertz CT molecular complexity index is 679. The number of rotatable bonds is 5. The van der Waals surface area contributed by atoms with Gasteiger partial charge < -0.3 is 10.6 Å². The summed E-state index contributed by atoms with van der Waals surface area (Å²) in [6.07, 6.45) is 10.9. The van der Waals surface area contributed by atoms with Crippen molar-refractivity contribution in [2.75, 3.05) is 17.5 Å². The lowest BCUT2D eigenvalue weighted by Crippen LogP contribution is -2.39. The molecule has 0 radical (unpaired) electrons. The van der Waals surface area contributed by atoms with Crippen LogP contribution < -0.4 is 10.6 Å². The Morgan fingerprint density at radius 2 is 2.05 bits per heavy atom. The van der Waals surface area contributed by atoms with Gasteiger partial charge in [0.1, 0.15) is 4.86 Å². The highest BCUT2D eigenvalue weighted by atomic mass is 127. The molecule has 0 aromatic heterocycles. The maximum absolute atomic E-state index is 11.2. The van der Waals surface area contributed by atoms with Crippen molar-refractivity contribution in [1.29, 1.82) is 0 Å². The maximum Gasteiger partial charge on any atom is 0.229 e. The number of carbonyl (C=O) groups excluding carboxylic acids is 1. The standard InChI is InChI=1S/C14H15IN2O3S/c15-9-14(18)17-8-7-16-12-5-1-4-11-10(12)3-2-6-13(11)21(19)20/h1-6,12,16H,7-9H2,(H,17,18). The van der Waals surface area contributed by atoms with Crippen LogP contribution in [-0.2, 0) is 15.1 Å². The van der Waals surface area contributed by atoms with E-state index >= 15 is 0 Å². The first-order valence-electron chi connectivity index (χ1n) is 6.43. The zero-order valence-corrected chi connectivity index (χ0v) is 14.1. The molecule has 2 aliphatic rings. The largest absolute Gasteiger partial charge is 0.354 e. The quantitative estimate of drug-likeness (QED) is 0.296. The zero-order valence-electron chi connectivity index (χ0n) is 11.2. The molecule has 1 unspecified atom stereocenters. The lowest BCUT2D eigenvalue weighted by Gasteiger charge is -2.25. The zero-order chi connectivity index (χ0) is 15.2. The monoisotopic (exact) mass is 418 g/mol. The highest BCUT2D eigenvalue weighted by Crippen LogP contribution is 2.24. The van der Waals surface area contributed by atoms with Gasteiger partial charge in [-0.2, -0.15) is 8.42 Å². The Hall–Kier alpha value is -1.19. The van der Waals surface area contributed by atoms with Crippen molar-refractivity contribution in [2.45, 2.75) is 6.04 Å². The topological polar surface area (TPSA) is 75.3 Å². The van der Waals surface area contributed by atoms with Gasteiger partial charge in [-0.1, -0.05) is 53.0 Å². The van der Waals surface area contributed by atoms with Crippen LogP contribution in [0.5, 0.6) is 0 Å². The summed E-state index contributed by atoms with van der Waals surface area (Å²) in [5.74, 6) is 0.00866. The first kappa shape index (κ1) is 16.2. The molecule has 0 bridgehead atoms. The molecule has 112 valence electrons. The number of hydrogen-bond acceptors (Lipinski definition) is 4. The molecule has 0 saturated carbocycles. The van der Waals surface area contributed by atoms with Gasteiger partial charge in [-0.3, -0.25) is 4.79 Å². The van der Waals surface area contributed by atoms with E-state index in [4.69, 9.17) is 0 Å². The average Bonchev–Trinajstić information content (AvgIpc) is 2.50. The van der Waals surface area contributed by atoms with Crippen LogP contribution in [0.3, 0.4) is 0 Å². The van der Waals surface area contributed by atoms with Crippen LogP contribution in [-0.4, -0.2) is 42.7 Å². The number of carbonyl (C=O) groups is 1. The third kappa shape index (κ3) is 4.14. The molecule has 2 rings (SSSR count). The number of hydrogen-bond donors (Lipinski definition) is 2. The van der Waals surface area contributed by atoms with Gasteiger partial charge in [-0.05, 0) is 11.6 Å². The smallest absolute Gasteiger partial charge is 0.229 e. The Morgan fingerprint density at radius 3 is 2.76 bits per heavy atom. The number of halogens is 1. The molecular weight excluding hydrogens is 403 g/mol. The number of fused-ring (bicyclic) bond motifs is 1. The van der Waals surface area contributed by atoms with Crippen molar-refractivity contribution in [3.8, 4) is 0 Å². The molecule has 21 heavy (non-hydrogen) atoms. The Labute approximate surface area is 138 Å². The molecule has 1 atom stereocenters. The third-order valence-electron chi connectivity index (χ3n) is 3.11. The molecule has 0 aliphatic heterocycles. The molecule has 5 nitrogen and oxygen atoms in total. The number of nitrogens with one attached hydrogen (secondary N) is 2. The van der Waals surface area contributed by atoms with E-state index < -0.39 is 10.3 Å². The summed E-state index contributed by atoms with van der Waals surface area (Å²) in [4.78, 5) is 11.5. The minimum absolute atomic E-state index is 0.00866. The Balaban J connectivity index is 2.01. The molecule has 0 aromatic carbocycles. The van der Waals surface area contributed by atoms with Gasteiger partial charge >= 0.3 is 0 Å². The molecule has 1 amide bonds. The molecule has 2 aliphatic carbocycles. The minimum atomic E-state index is -2.25. The summed E-state index contributed by atoms with van der Waals surface area (Å²) in [6.45, 7) is 1.15. The van der Waals surface area contributed by atoms with Crippen molar-refractivity contribution in [3.63, 3.8) is 0 Å². The third-order valence-corrected chi connectivity index (χ3v) is 4.52. The van der Waals surface area contributed by atoms with E-state index in [1.807, 2.05) is 40.8 Å². The van der Waals surface area contributed by atoms with Crippen molar-refractivity contribution in [1.82, 2.24) is 10.6 Å². The van der Waals surface area contributed by atoms with E-state index in [2.05, 4.69) is 10.6 Å². The van der Waals surface area contributed by atoms with Gasteiger partial charge in [-0.15, -0.1) is 0 Å². The fourth-order valence-electron chi connectivity index (χ4n) is 2.18. The average molecular weight is 418 g/mol. The predicted octanol–water partition coefficient (Wildman–Crippen LogP) is 0.540. The van der Waals surface area contributed by atoms with Crippen LogP contribution in [0.2, 0.25) is 0 Å². The molecule has 0 aromatic rings. The Kier molecular flexibility index (Phi) is 5.95. The van der Waals surface area contributed by atoms with Gasteiger partial charge in [0.05, 0.1) is 10.5 Å². The maximum atomic E-state index is 11.2. The van der Waals surface area contributed by atoms with Crippen molar-refractivity contribution in [2.24, 2.45) is 0 Å². The second-order valence-electron chi connectivity index (χ2n) is 4.46. The van der Waals surface area contributed by atoms with Gasteiger partial charge in [0.2, 0.25) is 16.2 Å². The summed E-state index contributed by atoms with van der Waals surface area (Å²) in [6, 6.07) is -0.0509. The highest BCUT2D eigenvalue weighted by Gasteiger charge is 2.22. The second-order valence-corrected chi connectivity index (χ2v) is 6.13. The first-order chi connectivity index (χ1) is 10.1. The van der Waals surface area contributed by atoms with Crippen LogP contribution >= 0.6 is 22.6 Å². The summed E-state index contributed by atoms with van der Waals surface area (Å²) >= 11 is 2.01. The molecular formula is C14H15IN2O3S. The molecule has 0 spiro atoms. The molecule has 0 heterocycles. The van der Waals surface area contributed by atoms with E-state index in [0.29, 0.717) is 22.4 Å². The van der Waals surface area contributed by atoms with Crippen molar-refractivity contribution < 1.29 is 13.2 Å². The van der Waals surface area contributed by atoms with Gasteiger partial charge in [0.25, 0.3) is 0 Å². The second kappa shape index (κ2) is 7.71. The van der Waals surface area contributed by atoms with Gasteiger partial charge in [-0.25, -0.2) is 0 Å². The Morgan fingerprint density at radius 1 is 1.24 bits per heavy atom. The molecule has 7 heteroatoms. The molecule has 2 N–H and O–H groups in total. The van der Waals surface area contributed by atoms with Gasteiger partial charge in [0, 0.05) is 18.7 Å². The summed E-state index contributed by atoms with van der Waals surface area (Å²) in [5, 5.41) is 6.08. The van der Waals surface area contributed by atoms with Crippen LogP contribution in [0.1, 0.15) is 0 Å². The summed E-state index contributed by atoms with van der Waals surface area (Å²) in [7, 11) is -2.25. The lowest BCUT2D eigenvalue weighted by atomic mass is 9.88. The highest BCUT2D eigenvalue weighted by molar-refractivity contribution is 14.1. The summed E-state index contributed by atoms with van der Waals surface area (Å²) in [5.41, 5.74) is 1.65. The van der Waals surface area contributed by atoms with E-state index in [1.165, 1.54) is 0 Å². The first-order valence-corrected chi connectivity index (χ1v) is 9.03. The lowest BCUT2D eigenvalue weighted by molar-refractivity contribution is -0.118. The minimum Gasteiger partial charge on any atom is -0.354 e. The SMILES string of the molecule is O=C(CI)NCCNC1C=CC=C2C1=CC=CC2=S(=O)=O. The summed E-state index contributed by atoms with van der Waals surface area (Å²) < 4.78 is 22.9. The fourth-order valence-corrected chi connectivity index (χ4v) is 3.00. The van der Waals surface area contributed by atoms with E-state index in [-0.39, 0.29) is 11.9 Å². The van der Waals surface area contributed by atoms with E-state index in [1.54, 1.807) is 18.2 Å². The number of amides is 1. The van der Waals surface area contributed by atoms with Gasteiger partial charge in [0.15, 0.2) is 0 Å². The van der Waals surface area contributed by atoms with E-state index in [0.717, 1.165) is 11.1 Å². The van der Waals surface area contributed by atoms with Crippen LogP contribution in [0.4, 0.5) is 0 Å². The molecule has 0 fully saturated rings. The van der Waals surface area contributed by atoms with E-state index in [9.17, 15) is 13.2 Å². The van der Waals surface area contributed by atoms with Crippen molar-refractivity contribution in [3.05, 3.63) is 47.6 Å².